The van der Waals surface area contributed by atoms with Crippen molar-refractivity contribution in [2.75, 3.05) is 4.90 Å². The standard InChI is InChI=1S/C58H37NO/c1-3-15-38(16-4-1)39-27-30-43(31-28-39)59(55-26-14-13-20-45(55)40-17-5-2-6-18-40)44-32-34-52-54-35-41-19-7-8-21-46(41)57(58(54)60-56(52)37-44)42-29-33-51-49-24-10-9-22-47(49)48-23-11-12-25-50(48)53(51)36-42/h1-37H. The highest BCUT2D eigenvalue weighted by atomic mass is 16.3. The van der Waals surface area contributed by atoms with Gasteiger partial charge in [0.15, 0.2) is 0 Å². The molecule has 0 aliphatic heterocycles. The minimum absolute atomic E-state index is 0.847. The molecule has 0 saturated carbocycles. The fourth-order valence-electron chi connectivity index (χ4n) is 9.44. The number of anilines is 3. The van der Waals surface area contributed by atoms with E-state index in [1.165, 1.54) is 54.2 Å². The minimum Gasteiger partial charge on any atom is -0.455 e. The van der Waals surface area contributed by atoms with E-state index in [-0.39, 0.29) is 0 Å². The van der Waals surface area contributed by atoms with Crippen molar-refractivity contribution >= 4 is 82.1 Å². The lowest BCUT2D eigenvalue weighted by molar-refractivity contribution is 0.670. The highest BCUT2D eigenvalue weighted by Gasteiger charge is 2.22. The fraction of sp³-hybridized carbons (Fsp3) is 0. The maximum atomic E-state index is 7.14. The van der Waals surface area contributed by atoms with Crippen LogP contribution in [0.3, 0.4) is 0 Å². The molecule has 1 heterocycles. The summed E-state index contributed by atoms with van der Waals surface area (Å²) in [6.07, 6.45) is 0. The molecule has 0 saturated heterocycles. The molecule has 0 bridgehead atoms. The van der Waals surface area contributed by atoms with Gasteiger partial charge in [0.25, 0.3) is 0 Å². The first-order chi connectivity index (χ1) is 29.8. The summed E-state index contributed by atoms with van der Waals surface area (Å²) in [5, 5.41) is 12.1. The molecule has 0 fully saturated rings. The third kappa shape index (κ3) is 5.50. The first-order valence-electron chi connectivity index (χ1n) is 20.6. The molecule has 12 aromatic rings. The summed E-state index contributed by atoms with van der Waals surface area (Å²) in [5.41, 5.74) is 11.9. The first kappa shape index (κ1) is 34.1. The van der Waals surface area contributed by atoms with E-state index < -0.39 is 0 Å². The van der Waals surface area contributed by atoms with Gasteiger partial charge < -0.3 is 9.32 Å². The van der Waals surface area contributed by atoms with Gasteiger partial charge in [-0.05, 0) is 108 Å². The van der Waals surface area contributed by atoms with Crippen molar-refractivity contribution in [3.8, 4) is 33.4 Å². The van der Waals surface area contributed by atoms with E-state index in [4.69, 9.17) is 4.42 Å². The van der Waals surface area contributed by atoms with Crippen LogP contribution in [0.1, 0.15) is 0 Å². The Kier molecular flexibility index (Phi) is 7.89. The summed E-state index contributed by atoms with van der Waals surface area (Å²) in [5.74, 6) is 0. The van der Waals surface area contributed by atoms with E-state index in [0.29, 0.717) is 0 Å². The van der Waals surface area contributed by atoms with Crippen LogP contribution in [0.15, 0.2) is 229 Å². The summed E-state index contributed by atoms with van der Waals surface area (Å²) in [7, 11) is 0. The maximum absolute atomic E-state index is 7.14. The number of benzene rings is 11. The van der Waals surface area contributed by atoms with Gasteiger partial charge in [0.1, 0.15) is 11.2 Å². The van der Waals surface area contributed by atoms with Crippen LogP contribution < -0.4 is 4.90 Å². The van der Waals surface area contributed by atoms with Crippen molar-refractivity contribution in [2.24, 2.45) is 0 Å². The van der Waals surface area contributed by atoms with Crippen LogP contribution in [0.4, 0.5) is 17.1 Å². The Bertz CT molecular complexity index is 3550. The highest BCUT2D eigenvalue weighted by Crippen LogP contribution is 2.46. The van der Waals surface area contributed by atoms with Crippen molar-refractivity contribution in [3.63, 3.8) is 0 Å². The number of furan rings is 1. The number of hydrogen-bond acceptors (Lipinski definition) is 2. The number of para-hydroxylation sites is 1. The average Bonchev–Trinajstić information content (AvgIpc) is 3.69. The zero-order chi connectivity index (χ0) is 39.6. The molecule has 0 aliphatic rings. The van der Waals surface area contributed by atoms with Crippen LogP contribution in [0.2, 0.25) is 0 Å². The van der Waals surface area contributed by atoms with Crippen LogP contribution in [0.25, 0.3) is 98.4 Å². The minimum atomic E-state index is 0.847. The molecule has 60 heavy (non-hydrogen) atoms. The summed E-state index contributed by atoms with van der Waals surface area (Å²) in [6.45, 7) is 0. The molecule has 0 radical (unpaired) electrons. The highest BCUT2D eigenvalue weighted by molar-refractivity contribution is 6.27. The molecule has 2 nitrogen and oxygen atoms in total. The van der Waals surface area contributed by atoms with E-state index in [9.17, 15) is 0 Å². The Morgan fingerprint density at radius 1 is 0.300 bits per heavy atom. The van der Waals surface area contributed by atoms with Gasteiger partial charge in [0.05, 0.1) is 5.69 Å². The second-order valence-corrected chi connectivity index (χ2v) is 15.6. The third-order valence-corrected chi connectivity index (χ3v) is 12.2. The molecule has 1 aromatic heterocycles. The van der Waals surface area contributed by atoms with E-state index in [0.717, 1.165) is 61.3 Å². The fourth-order valence-corrected chi connectivity index (χ4v) is 9.44. The van der Waals surface area contributed by atoms with E-state index >= 15 is 0 Å². The predicted octanol–water partition coefficient (Wildman–Crippen LogP) is 16.7. The molecule has 11 aromatic carbocycles. The van der Waals surface area contributed by atoms with E-state index in [2.05, 4.69) is 229 Å². The Balaban J connectivity index is 1.08. The monoisotopic (exact) mass is 763 g/mol. The third-order valence-electron chi connectivity index (χ3n) is 12.2. The SMILES string of the molecule is c1ccc(-c2ccc(N(c3ccc4c(c3)oc3c(-c5ccc6c7ccccc7c7ccccc7c6c5)c5ccccc5cc34)c3ccccc3-c3ccccc3)cc2)cc1. The van der Waals surface area contributed by atoms with Gasteiger partial charge in [-0.15, -0.1) is 0 Å². The van der Waals surface area contributed by atoms with Crippen molar-refractivity contribution in [3.05, 3.63) is 224 Å². The Morgan fingerprint density at radius 3 is 1.53 bits per heavy atom. The van der Waals surface area contributed by atoms with Crippen LogP contribution in [0.5, 0.6) is 0 Å². The molecule has 2 heteroatoms. The molecule has 0 spiro atoms. The van der Waals surface area contributed by atoms with Crippen LogP contribution >= 0.6 is 0 Å². The van der Waals surface area contributed by atoms with E-state index in [1.54, 1.807) is 0 Å². The lowest BCUT2D eigenvalue weighted by atomic mass is 9.90. The van der Waals surface area contributed by atoms with Crippen molar-refractivity contribution < 1.29 is 4.42 Å². The van der Waals surface area contributed by atoms with Crippen LogP contribution in [-0.4, -0.2) is 0 Å². The molecule has 280 valence electrons. The predicted molar refractivity (Wildman–Crippen MR) is 255 cm³/mol. The maximum Gasteiger partial charge on any atom is 0.143 e. The molecular weight excluding hydrogens is 727 g/mol. The summed E-state index contributed by atoms with van der Waals surface area (Å²) in [4.78, 5) is 2.36. The number of rotatable bonds is 6. The quantitative estimate of drug-likeness (QED) is 0.157. The number of nitrogens with zero attached hydrogens (tertiary/aromatic N) is 1. The second kappa shape index (κ2) is 13.9. The molecule has 0 unspecified atom stereocenters. The summed E-state index contributed by atoms with van der Waals surface area (Å²) < 4.78 is 7.14. The second-order valence-electron chi connectivity index (χ2n) is 15.6. The van der Waals surface area contributed by atoms with Gasteiger partial charge >= 0.3 is 0 Å². The smallest absolute Gasteiger partial charge is 0.143 e. The van der Waals surface area contributed by atoms with Gasteiger partial charge in [0.2, 0.25) is 0 Å². The largest absolute Gasteiger partial charge is 0.455 e. The van der Waals surface area contributed by atoms with Crippen LogP contribution in [0, 0.1) is 0 Å². The topological polar surface area (TPSA) is 16.4 Å². The molecule has 12 rings (SSSR count). The molecule has 0 N–H and O–H groups in total. The van der Waals surface area contributed by atoms with Gasteiger partial charge in [-0.2, -0.15) is 0 Å². The average molecular weight is 764 g/mol. The number of fused-ring (bicyclic) bond motifs is 10. The van der Waals surface area contributed by atoms with Crippen molar-refractivity contribution in [2.45, 2.75) is 0 Å². The van der Waals surface area contributed by atoms with Gasteiger partial charge in [-0.25, -0.2) is 0 Å². The Labute approximate surface area is 347 Å². The lowest BCUT2D eigenvalue weighted by Gasteiger charge is -2.28. The van der Waals surface area contributed by atoms with Gasteiger partial charge in [0, 0.05) is 39.3 Å². The van der Waals surface area contributed by atoms with Gasteiger partial charge in [-0.3, -0.25) is 0 Å². The first-order valence-corrected chi connectivity index (χ1v) is 20.6. The summed E-state index contributed by atoms with van der Waals surface area (Å²) >= 11 is 0. The van der Waals surface area contributed by atoms with Crippen molar-refractivity contribution in [1.29, 1.82) is 0 Å². The molecular formula is C58H37NO. The van der Waals surface area contributed by atoms with E-state index in [1.807, 2.05) is 0 Å². The summed E-state index contributed by atoms with van der Waals surface area (Å²) in [6, 6.07) is 81.0. The molecule has 0 amide bonds. The normalized spacial score (nSPS) is 11.7. The van der Waals surface area contributed by atoms with Crippen molar-refractivity contribution in [1.82, 2.24) is 0 Å². The Hall–Kier alpha value is -7.94. The lowest BCUT2D eigenvalue weighted by Crippen LogP contribution is -2.11. The van der Waals surface area contributed by atoms with Gasteiger partial charge in [-0.1, -0.05) is 176 Å². The zero-order valence-corrected chi connectivity index (χ0v) is 32.7. The molecule has 0 aliphatic carbocycles. The van der Waals surface area contributed by atoms with Crippen LogP contribution in [-0.2, 0) is 0 Å². The number of hydrogen-bond donors (Lipinski definition) is 0. The zero-order valence-electron chi connectivity index (χ0n) is 32.7. The Morgan fingerprint density at radius 2 is 0.817 bits per heavy atom. The molecule has 0 atom stereocenters.